The smallest absolute Gasteiger partial charge is 0.295 e. The van der Waals surface area contributed by atoms with E-state index in [4.69, 9.17) is 0 Å². The fraction of sp³-hybridized carbons (Fsp3) is 0.182. The molecule has 0 aliphatic rings. The summed E-state index contributed by atoms with van der Waals surface area (Å²) in [6.45, 7) is 6.40. The maximum absolute atomic E-state index is 12.5. The van der Waals surface area contributed by atoms with Crippen molar-refractivity contribution >= 4 is 17.3 Å². The molecule has 0 saturated heterocycles. The van der Waals surface area contributed by atoms with E-state index in [1.54, 1.807) is 30.3 Å². The lowest BCUT2D eigenvalue weighted by Crippen LogP contribution is -2.13. The van der Waals surface area contributed by atoms with E-state index in [0.717, 1.165) is 0 Å². The van der Waals surface area contributed by atoms with Crippen molar-refractivity contribution in [3.8, 4) is 11.1 Å². The van der Waals surface area contributed by atoms with Gasteiger partial charge in [-0.25, -0.2) is 0 Å². The molecule has 0 saturated carbocycles. The van der Waals surface area contributed by atoms with Crippen LogP contribution in [0.4, 0.5) is 11.4 Å². The number of hydrogen-bond acceptors (Lipinski definition) is 4. The van der Waals surface area contributed by atoms with Gasteiger partial charge in [-0.1, -0.05) is 45.0 Å². The van der Waals surface area contributed by atoms with Gasteiger partial charge in [0.2, 0.25) is 0 Å². The monoisotopic (exact) mass is 375 g/mol. The molecule has 0 aliphatic heterocycles. The number of carbonyl (C=O) groups is 1. The largest absolute Gasteiger partial charge is 0.322 e. The molecule has 1 aromatic heterocycles. The summed E-state index contributed by atoms with van der Waals surface area (Å²) in [6.07, 6.45) is 2.72. The molecule has 28 heavy (non-hydrogen) atoms. The predicted molar refractivity (Wildman–Crippen MR) is 109 cm³/mol. The van der Waals surface area contributed by atoms with E-state index in [0.29, 0.717) is 22.4 Å². The molecule has 0 bridgehead atoms. The zero-order valence-electron chi connectivity index (χ0n) is 16.0. The first-order valence-corrected chi connectivity index (χ1v) is 8.86. The van der Waals surface area contributed by atoms with Crippen molar-refractivity contribution in [1.29, 1.82) is 0 Å². The summed E-state index contributed by atoms with van der Waals surface area (Å²) in [4.78, 5) is 27.0. The fourth-order valence-corrected chi connectivity index (χ4v) is 2.83. The molecule has 0 atom stereocenters. The van der Waals surface area contributed by atoms with E-state index >= 15 is 0 Å². The van der Waals surface area contributed by atoms with Crippen LogP contribution >= 0.6 is 0 Å². The lowest BCUT2D eigenvalue weighted by Gasteiger charge is -2.19. The van der Waals surface area contributed by atoms with Crippen LogP contribution in [0.1, 0.15) is 36.7 Å². The van der Waals surface area contributed by atoms with E-state index in [-0.39, 0.29) is 17.0 Å². The number of carbonyl (C=O) groups excluding carboxylic acids is 1. The van der Waals surface area contributed by atoms with Crippen LogP contribution in [-0.2, 0) is 5.41 Å². The van der Waals surface area contributed by atoms with E-state index in [9.17, 15) is 14.9 Å². The van der Waals surface area contributed by atoms with Gasteiger partial charge in [-0.05, 0) is 46.9 Å². The molecule has 0 unspecified atom stereocenters. The molecule has 0 fully saturated rings. The summed E-state index contributed by atoms with van der Waals surface area (Å²) in [5.74, 6) is -0.237. The lowest BCUT2D eigenvalue weighted by atomic mass is 9.87. The number of hydrogen-bond donors (Lipinski definition) is 1. The molecule has 0 aliphatic carbocycles. The number of pyridine rings is 1. The third kappa shape index (κ3) is 4.23. The van der Waals surface area contributed by atoms with Gasteiger partial charge in [0, 0.05) is 17.4 Å². The molecule has 6 heteroatoms. The highest BCUT2D eigenvalue weighted by Gasteiger charge is 2.16. The van der Waals surface area contributed by atoms with Crippen molar-refractivity contribution in [3.63, 3.8) is 0 Å². The number of aromatic nitrogens is 1. The lowest BCUT2D eigenvalue weighted by molar-refractivity contribution is -0.384. The van der Waals surface area contributed by atoms with Crippen LogP contribution in [0.15, 0.2) is 67.0 Å². The summed E-state index contributed by atoms with van der Waals surface area (Å²) in [7, 11) is 0. The Balaban J connectivity index is 1.77. The minimum atomic E-state index is -0.468. The molecule has 142 valence electrons. The van der Waals surface area contributed by atoms with Crippen molar-refractivity contribution in [2.75, 3.05) is 5.32 Å². The van der Waals surface area contributed by atoms with Gasteiger partial charge >= 0.3 is 0 Å². The first-order chi connectivity index (χ1) is 13.3. The van der Waals surface area contributed by atoms with Crippen LogP contribution in [0.25, 0.3) is 11.1 Å². The number of nitrogens with zero attached hydrogens (tertiary/aromatic N) is 2. The van der Waals surface area contributed by atoms with Crippen LogP contribution < -0.4 is 5.32 Å². The highest BCUT2D eigenvalue weighted by atomic mass is 16.6. The van der Waals surface area contributed by atoms with Crippen molar-refractivity contribution in [3.05, 3.63) is 88.2 Å². The summed E-state index contributed by atoms with van der Waals surface area (Å²) < 4.78 is 0. The van der Waals surface area contributed by atoms with E-state index in [1.165, 1.54) is 18.0 Å². The Bertz CT molecular complexity index is 1000. The molecule has 6 nitrogen and oxygen atoms in total. The topological polar surface area (TPSA) is 85.1 Å². The maximum atomic E-state index is 12.5. The number of anilines is 1. The molecule has 3 rings (SSSR count). The first kappa shape index (κ1) is 19.2. The van der Waals surface area contributed by atoms with Crippen LogP contribution in [-0.4, -0.2) is 15.8 Å². The Hall–Kier alpha value is -3.54. The van der Waals surface area contributed by atoms with E-state index < -0.39 is 4.92 Å². The van der Waals surface area contributed by atoms with E-state index in [1.807, 2.05) is 24.3 Å². The molecule has 0 radical (unpaired) electrons. The van der Waals surface area contributed by atoms with Gasteiger partial charge in [0.05, 0.1) is 10.5 Å². The van der Waals surface area contributed by atoms with Crippen LogP contribution in [0.3, 0.4) is 0 Å². The third-order valence-corrected chi connectivity index (χ3v) is 4.46. The van der Waals surface area contributed by atoms with Crippen LogP contribution in [0, 0.1) is 10.1 Å². The minimum absolute atomic E-state index is 0.0495. The van der Waals surface area contributed by atoms with E-state index in [2.05, 4.69) is 31.1 Å². The maximum Gasteiger partial charge on any atom is 0.295 e. The van der Waals surface area contributed by atoms with Gasteiger partial charge in [0.1, 0.15) is 6.20 Å². The predicted octanol–water partition coefficient (Wildman–Crippen LogP) is 5.21. The second-order valence-electron chi connectivity index (χ2n) is 7.51. The summed E-state index contributed by atoms with van der Waals surface area (Å²) in [6, 6.07) is 16.0. The van der Waals surface area contributed by atoms with Crippen LogP contribution in [0.2, 0.25) is 0 Å². The van der Waals surface area contributed by atoms with Crippen molar-refractivity contribution < 1.29 is 9.72 Å². The van der Waals surface area contributed by atoms with Gasteiger partial charge in [-0.3, -0.25) is 19.9 Å². The standard InChI is InChI=1S/C22H21N3O3/c1-22(2,3)17-8-10-18(11-9-17)24-21(26)16-6-4-15(5-7-16)19-12-13-23-14-20(19)25(27)28/h4-14H,1-3H3,(H,24,26). The Morgan fingerprint density at radius 2 is 1.64 bits per heavy atom. The second-order valence-corrected chi connectivity index (χ2v) is 7.51. The molecule has 1 heterocycles. The summed E-state index contributed by atoms with van der Waals surface area (Å²) in [5, 5.41) is 14.0. The zero-order valence-corrected chi connectivity index (χ0v) is 16.0. The first-order valence-electron chi connectivity index (χ1n) is 8.86. The van der Waals surface area contributed by atoms with Gasteiger partial charge in [-0.2, -0.15) is 0 Å². The Kier molecular flexibility index (Phi) is 5.22. The fourth-order valence-electron chi connectivity index (χ4n) is 2.83. The average Bonchev–Trinajstić information content (AvgIpc) is 2.68. The van der Waals surface area contributed by atoms with Crippen molar-refractivity contribution in [1.82, 2.24) is 4.98 Å². The normalized spacial score (nSPS) is 11.1. The number of nitro groups is 1. The second kappa shape index (κ2) is 7.60. The SMILES string of the molecule is CC(C)(C)c1ccc(NC(=O)c2ccc(-c3ccncc3[N+](=O)[O-])cc2)cc1. The zero-order chi connectivity index (χ0) is 20.3. The Morgan fingerprint density at radius 1 is 1.00 bits per heavy atom. The van der Waals surface area contributed by atoms with Gasteiger partial charge in [-0.15, -0.1) is 0 Å². The molecule has 3 aromatic rings. The highest BCUT2D eigenvalue weighted by molar-refractivity contribution is 6.04. The van der Waals surface area contributed by atoms with Crippen molar-refractivity contribution in [2.24, 2.45) is 0 Å². The average molecular weight is 375 g/mol. The third-order valence-electron chi connectivity index (χ3n) is 4.46. The summed E-state index contributed by atoms with van der Waals surface area (Å²) >= 11 is 0. The molecule has 0 spiro atoms. The number of nitrogens with one attached hydrogen (secondary N) is 1. The van der Waals surface area contributed by atoms with Gasteiger partial charge < -0.3 is 5.32 Å². The molecular weight excluding hydrogens is 354 g/mol. The Morgan fingerprint density at radius 3 is 2.21 bits per heavy atom. The minimum Gasteiger partial charge on any atom is -0.322 e. The van der Waals surface area contributed by atoms with Crippen molar-refractivity contribution in [2.45, 2.75) is 26.2 Å². The van der Waals surface area contributed by atoms with Gasteiger partial charge in [0.15, 0.2) is 0 Å². The Labute approximate surface area is 163 Å². The number of amides is 1. The molecule has 2 aromatic carbocycles. The quantitative estimate of drug-likeness (QED) is 0.501. The number of rotatable bonds is 4. The molecule has 1 N–H and O–H groups in total. The molecular formula is C22H21N3O3. The molecule has 1 amide bonds. The number of benzene rings is 2. The summed E-state index contributed by atoms with van der Waals surface area (Å²) in [5.41, 5.74) is 3.47. The highest BCUT2D eigenvalue weighted by Crippen LogP contribution is 2.29. The van der Waals surface area contributed by atoms with Gasteiger partial charge in [0.25, 0.3) is 11.6 Å². The van der Waals surface area contributed by atoms with Crippen LogP contribution in [0.5, 0.6) is 0 Å².